The second-order valence-electron chi connectivity index (χ2n) is 6.32. The predicted molar refractivity (Wildman–Crippen MR) is 113 cm³/mol. The van der Waals surface area contributed by atoms with E-state index < -0.39 is 0 Å². The molecule has 1 aromatic heterocycles. The van der Waals surface area contributed by atoms with Gasteiger partial charge in [0.15, 0.2) is 0 Å². The number of hydrogen-bond donors (Lipinski definition) is 0. The highest BCUT2D eigenvalue weighted by Crippen LogP contribution is 2.19. The minimum atomic E-state index is -0.188. The van der Waals surface area contributed by atoms with Gasteiger partial charge in [0.05, 0.1) is 17.1 Å². The van der Waals surface area contributed by atoms with E-state index in [1.807, 2.05) is 50.2 Å². The van der Waals surface area contributed by atoms with Crippen LogP contribution in [-0.4, -0.2) is 22.5 Å². The van der Waals surface area contributed by atoms with E-state index in [9.17, 15) is 4.79 Å². The second-order valence-corrected chi connectivity index (χ2v) is 7.23. The van der Waals surface area contributed by atoms with E-state index in [-0.39, 0.29) is 11.5 Å². The molecular formula is C21H20BrN3O2. The number of nitrogens with zero attached hydrogens (tertiary/aromatic N) is 3. The van der Waals surface area contributed by atoms with Crippen molar-refractivity contribution in [2.75, 3.05) is 6.61 Å². The Labute approximate surface area is 166 Å². The van der Waals surface area contributed by atoms with Gasteiger partial charge in [0.1, 0.15) is 18.2 Å². The van der Waals surface area contributed by atoms with E-state index in [1.54, 1.807) is 18.4 Å². The van der Waals surface area contributed by atoms with Gasteiger partial charge in [-0.15, -0.1) is 0 Å². The molecule has 0 unspecified atom stereocenters. The fraction of sp³-hybridized carbons (Fsp3) is 0.190. The molecular weight excluding hydrogens is 406 g/mol. The summed E-state index contributed by atoms with van der Waals surface area (Å²) in [5.41, 5.74) is 1.34. The zero-order valence-electron chi connectivity index (χ0n) is 15.2. The molecule has 0 amide bonds. The van der Waals surface area contributed by atoms with Gasteiger partial charge in [-0.2, -0.15) is 9.78 Å². The molecule has 0 aliphatic carbocycles. The van der Waals surface area contributed by atoms with E-state index in [4.69, 9.17) is 4.74 Å². The highest BCUT2D eigenvalue weighted by atomic mass is 79.9. The third-order valence-corrected chi connectivity index (χ3v) is 4.41. The number of rotatable bonds is 6. The molecule has 0 spiro atoms. The van der Waals surface area contributed by atoms with Crippen molar-refractivity contribution in [1.82, 2.24) is 9.66 Å². The van der Waals surface area contributed by atoms with Gasteiger partial charge < -0.3 is 4.74 Å². The zero-order chi connectivity index (χ0) is 19.4. The summed E-state index contributed by atoms with van der Waals surface area (Å²) in [7, 11) is 0. The van der Waals surface area contributed by atoms with Crippen molar-refractivity contribution in [3.8, 4) is 5.75 Å². The quantitative estimate of drug-likeness (QED) is 0.423. The second kappa shape index (κ2) is 8.31. The molecule has 0 fully saturated rings. The first kappa shape index (κ1) is 19.0. The van der Waals surface area contributed by atoms with Crippen LogP contribution >= 0.6 is 15.9 Å². The topological polar surface area (TPSA) is 56.5 Å². The molecule has 0 N–H and O–H groups in total. The van der Waals surface area contributed by atoms with Crippen molar-refractivity contribution < 1.29 is 4.74 Å². The first-order valence-electron chi connectivity index (χ1n) is 8.60. The normalized spacial score (nSPS) is 11.4. The highest BCUT2D eigenvalue weighted by molar-refractivity contribution is 9.10. The molecule has 0 bridgehead atoms. The molecule has 5 nitrogen and oxygen atoms in total. The van der Waals surface area contributed by atoms with Crippen LogP contribution < -0.4 is 10.3 Å². The number of aromatic nitrogens is 2. The number of fused-ring (bicyclic) bond motifs is 1. The van der Waals surface area contributed by atoms with Gasteiger partial charge in [0, 0.05) is 10.4 Å². The zero-order valence-corrected chi connectivity index (χ0v) is 16.8. The fourth-order valence-corrected chi connectivity index (χ4v) is 2.94. The molecule has 3 rings (SSSR count). The Balaban J connectivity index is 2.01. The number of benzene rings is 2. The van der Waals surface area contributed by atoms with E-state index in [0.717, 1.165) is 15.8 Å². The average Bonchev–Trinajstić information content (AvgIpc) is 2.66. The van der Waals surface area contributed by atoms with Gasteiger partial charge in [0.25, 0.3) is 5.56 Å². The molecule has 3 aromatic rings. The maximum atomic E-state index is 13.0. The minimum Gasteiger partial charge on any atom is -0.490 e. The van der Waals surface area contributed by atoms with Crippen molar-refractivity contribution in [2.24, 2.45) is 5.10 Å². The number of halogens is 1. The largest absolute Gasteiger partial charge is 0.490 e. The van der Waals surface area contributed by atoms with Crippen LogP contribution in [0.2, 0.25) is 0 Å². The van der Waals surface area contributed by atoms with Crippen LogP contribution in [0.15, 0.2) is 69.5 Å². The average molecular weight is 426 g/mol. The van der Waals surface area contributed by atoms with Crippen molar-refractivity contribution in [3.05, 3.63) is 81.3 Å². The third kappa shape index (κ3) is 4.34. The molecule has 138 valence electrons. The Hall–Kier alpha value is -2.73. The van der Waals surface area contributed by atoms with E-state index in [2.05, 4.69) is 32.6 Å². The van der Waals surface area contributed by atoms with E-state index in [0.29, 0.717) is 23.3 Å². The van der Waals surface area contributed by atoms with Crippen molar-refractivity contribution in [2.45, 2.75) is 19.8 Å². The third-order valence-electron chi connectivity index (χ3n) is 3.92. The Bertz CT molecular complexity index is 1050. The summed E-state index contributed by atoms with van der Waals surface area (Å²) in [5.74, 6) is 1.43. The van der Waals surface area contributed by atoms with Crippen LogP contribution in [0.25, 0.3) is 10.9 Å². The fourth-order valence-electron chi connectivity index (χ4n) is 2.58. The maximum absolute atomic E-state index is 13.0. The SMILES string of the molecule is C=CCOc1ccc(C=Nn2c(C(C)C)nc3ccc(Br)cc3c2=O)cc1. The van der Waals surface area contributed by atoms with Crippen molar-refractivity contribution in [3.63, 3.8) is 0 Å². The van der Waals surface area contributed by atoms with Crippen LogP contribution in [0.5, 0.6) is 5.75 Å². The Morgan fingerprint density at radius 1 is 1.26 bits per heavy atom. The molecule has 0 saturated heterocycles. The summed E-state index contributed by atoms with van der Waals surface area (Å²) in [6.45, 7) is 8.06. The molecule has 2 aromatic carbocycles. The molecule has 27 heavy (non-hydrogen) atoms. The summed E-state index contributed by atoms with van der Waals surface area (Å²) in [6, 6.07) is 13.0. The lowest BCUT2D eigenvalue weighted by molar-refractivity contribution is 0.363. The lowest BCUT2D eigenvalue weighted by Crippen LogP contribution is -2.23. The molecule has 1 heterocycles. The van der Waals surface area contributed by atoms with Gasteiger partial charge in [-0.05, 0) is 48.0 Å². The van der Waals surface area contributed by atoms with Crippen LogP contribution in [0.4, 0.5) is 0 Å². The molecule has 6 heteroatoms. The van der Waals surface area contributed by atoms with Crippen LogP contribution in [0.3, 0.4) is 0 Å². The molecule has 0 saturated carbocycles. The van der Waals surface area contributed by atoms with E-state index >= 15 is 0 Å². The molecule has 0 aliphatic heterocycles. The lowest BCUT2D eigenvalue weighted by atomic mass is 10.2. The van der Waals surface area contributed by atoms with Gasteiger partial charge in [-0.1, -0.05) is 42.4 Å². The smallest absolute Gasteiger partial charge is 0.282 e. The molecule has 0 atom stereocenters. The van der Waals surface area contributed by atoms with Crippen molar-refractivity contribution >= 4 is 33.0 Å². The van der Waals surface area contributed by atoms with Gasteiger partial charge in [-0.25, -0.2) is 4.98 Å². The standard InChI is InChI=1S/C21H20BrN3O2/c1-4-11-27-17-8-5-15(6-9-17)13-23-25-20(14(2)3)24-19-10-7-16(22)12-18(19)21(25)26/h4-10,12-14H,1,11H2,2-3H3. The Morgan fingerprint density at radius 3 is 2.67 bits per heavy atom. The Morgan fingerprint density at radius 2 is 2.00 bits per heavy atom. The molecule has 0 aliphatic rings. The first-order valence-corrected chi connectivity index (χ1v) is 9.39. The first-order chi connectivity index (χ1) is 13.0. The molecule has 0 radical (unpaired) electrons. The lowest BCUT2D eigenvalue weighted by Gasteiger charge is -2.12. The summed E-state index contributed by atoms with van der Waals surface area (Å²) >= 11 is 3.41. The van der Waals surface area contributed by atoms with Crippen LogP contribution in [-0.2, 0) is 0 Å². The van der Waals surface area contributed by atoms with Gasteiger partial charge >= 0.3 is 0 Å². The monoisotopic (exact) mass is 425 g/mol. The summed E-state index contributed by atoms with van der Waals surface area (Å²) in [6.07, 6.45) is 3.34. The summed E-state index contributed by atoms with van der Waals surface area (Å²) < 4.78 is 7.68. The highest BCUT2D eigenvalue weighted by Gasteiger charge is 2.13. The van der Waals surface area contributed by atoms with Crippen molar-refractivity contribution in [1.29, 1.82) is 0 Å². The Kier molecular flexibility index (Phi) is 5.86. The van der Waals surface area contributed by atoms with Gasteiger partial charge in [-0.3, -0.25) is 4.79 Å². The number of hydrogen-bond acceptors (Lipinski definition) is 4. The van der Waals surface area contributed by atoms with E-state index in [1.165, 1.54) is 4.68 Å². The van der Waals surface area contributed by atoms with Crippen LogP contribution in [0, 0.1) is 0 Å². The number of ether oxygens (including phenoxy) is 1. The minimum absolute atomic E-state index is 0.0533. The maximum Gasteiger partial charge on any atom is 0.282 e. The van der Waals surface area contributed by atoms with Crippen LogP contribution in [0.1, 0.15) is 31.2 Å². The van der Waals surface area contributed by atoms with Gasteiger partial charge in [0.2, 0.25) is 0 Å². The summed E-state index contributed by atoms with van der Waals surface area (Å²) in [5, 5.41) is 4.94. The summed E-state index contributed by atoms with van der Waals surface area (Å²) in [4.78, 5) is 17.6. The predicted octanol–water partition coefficient (Wildman–Crippen LogP) is 4.73.